The first-order valence-corrected chi connectivity index (χ1v) is 10.8. The molecule has 0 radical (unpaired) electrons. The lowest BCUT2D eigenvalue weighted by atomic mass is 10.0. The summed E-state index contributed by atoms with van der Waals surface area (Å²) in [6, 6.07) is 16.5. The number of aromatic nitrogens is 4. The minimum absolute atomic E-state index is 0.819. The summed E-state index contributed by atoms with van der Waals surface area (Å²) in [6.45, 7) is 0. The van der Waals surface area contributed by atoms with E-state index in [0.717, 1.165) is 29.4 Å². The Morgan fingerprint density at radius 3 is 1.45 bits per heavy atom. The summed E-state index contributed by atoms with van der Waals surface area (Å²) < 4.78 is 3.80. The lowest BCUT2D eigenvalue weighted by molar-refractivity contribution is 1.19. The number of halogens is 2. The van der Waals surface area contributed by atoms with Gasteiger partial charge in [0.25, 0.3) is 0 Å². The Morgan fingerprint density at radius 2 is 1.10 bits per heavy atom. The zero-order valence-electron chi connectivity index (χ0n) is 15.2. The van der Waals surface area contributed by atoms with Gasteiger partial charge >= 0.3 is 0 Å². The highest BCUT2D eigenvalue weighted by atomic mass is 127. The predicted molar refractivity (Wildman–Crippen MR) is 133 cm³/mol. The summed E-state index contributed by atoms with van der Waals surface area (Å²) in [6.07, 6.45) is 11.7. The Bertz CT molecular complexity index is 1050. The van der Waals surface area contributed by atoms with Crippen LogP contribution in [0.15, 0.2) is 83.3 Å². The third kappa shape index (κ3) is 5.38. The van der Waals surface area contributed by atoms with Crippen molar-refractivity contribution in [1.82, 2.24) is 15.5 Å². The Kier molecular flexibility index (Phi) is 6.49. The van der Waals surface area contributed by atoms with Crippen LogP contribution < -0.4 is 0 Å². The van der Waals surface area contributed by atoms with E-state index in [-0.39, 0.29) is 0 Å². The van der Waals surface area contributed by atoms with E-state index in [4.69, 9.17) is 0 Å². The van der Waals surface area contributed by atoms with Gasteiger partial charge < -0.3 is 0 Å². The second kappa shape index (κ2) is 9.44. The Labute approximate surface area is 196 Å². The predicted octanol–water partition coefficient (Wildman–Crippen LogP) is 5.57. The van der Waals surface area contributed by atoms with Crippen LogP contribution in [0.25, 0.3) is 0 Å². The largest absolute Gasteiger partial charge is 0.271 e. The average Bonchev–Trinajstić information content (AvgIpc) is 3.34. The van der Waals surface area contributed by atoms with E-state index < -0.39 is 0 Å². The maximum atomic E-state index is 4.48. The smallest absolute Gasteiger partial charge is 0.160 e. The molecule has 0 spiro atoms. The standard InChI is InChI=1S/C21H16I2N6/c22-28-11-9-24-20(28)14-26-18-5-1-16(2-6-18)13-17-3-7-19(8-4-17)27-15-21-25-10-12-29(21)23/h1-12,14-15H,13H2/b26-14+,27-15+. The van der Waals surface area contributed by atoms with E-state index in [9.17, 15) is 0 Å². The van der Waals surface area contributed by atoms with Crippen LogP contribution in [0.4, 0.5) is 11.4 Å². The Morgan fingerprint density at radius 1 is 0.690 bits per heavy atom. The van der Waals surface area contributed by atoms with Crippen LogP contribution in [0.3, 0.4) is 0 Å². The third-order valence-corrected chi connectivity index (χ3v) is 5.82. The molecular formula is C21H16I2N6. The van der Waals surface area contributed by atoms with Gasteiger partial charge in [0.05, 0.1) is 69.5 Å². The van der Waals surface area contributed by atoms with Crippen molar-refractivity contribution >= 4 is 69.5 Å². The van der Waals surface area contributed by atoms with Crippen LogP contribution in [0.2, 0.25) is 0 Å². The summed E-state index contributed by atoms with van der Waals surface area (Å²) >= 11 is 4.35. The number of aliphatic imine (C=N–C) groups is 2. The van der Waals surface area contributed by atoms with Gasteiger partial charge in [-0.3, -0.25) is 15.5 Å². The normalized spacial score (nSPS) is 11.7. The molecule has 0 fully saturated rings. The van der Waals surface area contributed by atoms with Crippen LogP contribution in [0.5, 0.6) is 0 Å². The van der Waals surface area contributed by atoms with E-state index in [2.05, 4.69) is 89.9 Å². The van der Waals surface area contributed by atoms with Gasteiger partial charge in [-0.2, -0.15) is 0 Å². The highest BCUT2D eigenvalue weighted by molar-refractivity contribution is 14.1. The van der Waals surface area contributed by atoms with Crippen LogP contribution in [0.1, 0.15) is 22.8 Å². The molecule has 0 atom stereocenters. The van der Waals surface area contributed by atoms with Gasteiger partial charge in [0.2, 0.25) is 0 Å². The molecule has 0 unspecified atom stereocenters. The summed E-state index contributed by atoms with van der Waals surface area (Å²) in [7, 11) is 0. The summed E-state index contributed by atoms with van der Waals surface area (Å²) in [4.78, 5) is 17.4. The molecule has 6 nitrogen and oxygen atoms in total. The number of nitrogens with zero attached hydrogens (tertiary/aromatic N) is 6. The van der Waals surface area contributed by atoms with Crippen molar-refractivity contribution in [1.29, 1.82) is 0 Å². The van der Waals surface area contributed by atoms with Crippen molar-refractivity contribution in [2.24, 2.45) is 9.98 Å². The quantitative estimate of drug-likeness (QED) is 0.213. The van der Waals surface area contributed by atoms with E-state index in [1.54, 1.807) is 24.8 Å². The van der Waals surface area contributed by atoms with Crippen molar-refractivity contribution in [2.45, 2.75) is 6.42 Å². The second-order valence-corrected chi connectivity index (χ2v) is 8.30. The van der Waals surface area contributed by atoms with E-state index in [1.165, 1.54) is 11.1 Å². The Hall–Kier alpha value is -2.34. The maximum absolute atomic E-state index is 4.48. The lowest BCUT2D eigenvalue weighted by Gasteiger charge is -2.03. The van der Waals surface area contributed by atoms with Gasteiger partial charge in [-0.1, -0.05) is 24.3 Å². The molecule has 0 aliphatic carbocycles. The number of imidazole rings is 2. The average molecular weight is 606 g/mol. The number of hydrogen-bond donors (Lipinski definition) is 0. The van der Waals surface area contributed by atoms with Crippen molar-refractivity contribution in [3.05, 3.63) is 96.1 Å². The first-order chi connectivity index (χ1) is 14.2. The molecule has 0 aliphatic rings. The number of rotatable bonds is 6. The zero-order chi connectivity index (χ0) is 20.1. The number of hydrogen-bond acceptors (Lipinski definition) is 4. The molecule has 0 saturated carbocycles. The molecule has 2 aromatic heterocycles. The molecule has 8 heteroatoms. The molecule has 29 heavy (non-hydrogen) atoms. The maximum Gasteiger partial charge on any atom is 0.160 e. The van der Waals surface area contributed by atoms with Crippen LogP contribution in [-0.4, -0.2) is 28.0 Å². The van der Waals surface area contributed by atoms with E-state index in [1.807, 2.05) is 42.2 Å². The van der Waals surface area contributed by atoms with Gasteiger partial charge in [-0.25, -0.2) is 9.97 Å². The van der Waals surface area contributed by atoms with Gasteiger partial charge in [0.1, 0.15) is 0 Å². The zero-order valence-corrected chi connectivity index (χ0v) is 19.5. The van der Waals surface area contributed by atoms with Crippen molar-refractivity contribution < 1.29 is 0 Å². The topological polar surface area (TPSA) is 60.4 Å². The van der Waals surface area contributed by atoms with Crippen LogP contribution in [0, 0.1) is 0 Å². The van der Waals surface area contributed by atoms with Gasteiger partial charge in [-0.05, 0) is 41.8 Å². The monoisotopic (exact) mass is 606 g/mol. The fourth-order valence-corrected chi connectivity index (χ4v) is 3.46. The van der Waals surface area contributed by atoms with Crippen molar-refractivity contribution in [3.8, 4) is 0 Å². The number of benzene rings is 2. The molecule has 4 aromatic rings. The molecule has 4 rings (SSSR count). The van der Waals surface area contributed by atoms with Crippen molar-refractivity contribution in [2.75, 3.05) is 0 Å². The second-order valence-electron chi connectivity index (χ2n) is 6.22. The van der Waals surface area contributed by atoms with E-state index >= 15 is 0 Å². The van der Waals surface area contributed by atoms with Gasteiger partial charge in [0.15, 0.2) is 11.6 Å². The fourth-order valence-electron chi connectivity index (χ4n) is 2.68. The minimum Gasteiger partial charge on any atom is -0.271 e. The van der Waals surface area contributed by atoms with Gasteiger partial charge in [0, 0.05) is 24.8 Å². The highest BCUT2D eigenvalue weighted by Gasteiger charge is 2.00. The van der Waals surface area contributed by atoms with E-state index in [0.29, 0.717) is 0 Å². The van der Waals surface area contributed by atoms with Crippen LogP contribution in [-0.2, 0) is 6.42 Å². The molecule has 2 heterocycles. The minimum atomic E-state index is 0.819. The molecule has 144 valence electrons. The Balaban J connectivity index is 1.38. The fraction of sp³-hybridized carbons (Fsp3) is 0.0476. The molecule has 0 saturated heterocycles. The SMILES string of the molecule is In1ccnc1/C=N/c1ccc(Cc2ccc(/N=C/c3nccn3I)cc2)cc1. The van der Waals surface area contributed by atoms with Crippen LogP contribution >= 0.6 is 45.7 Å². The molecule has 2 aromatic carbocycles. The molecule has 0 aliphatic heterocycles. The highest BCUT2D eigenvalue weighted by Crippen LogP contribution is 2.19. The lowest BCUT2D eigenvalue weighted by Crippen LogP contribution is -1.90. The summed E-state index contributed by atoms with van der Waals surface area (Å²) in [5.41, 5.74) is 4.29. The first-order valence-electron chi connectivity index (χ1n) is 8.82. The van der Waals surface area contributed by atoms with Gasteiger partial charge in [-0.15, -0.1) is 0 Å². The molecular weight excluding hydrogens is 590 g/mol. The summed E-state index contributed by atoms with van der Waals surface area (Å²) in [5.74, 6) is 1.64. The van der Waals surface area contributed by atoms with Crippen molar-refractivity contribution in [3.63, 3.8) is 0 Å². The summed E-state index contributed by atoms with van der Waals surface area (Å²) in [5, 5.41) is 0. The molecule has 0 amide bonds. The molecule has 0 bridgehead atoms. The first kappa shape index (κ1) is 20.0. The third-order valence-electron chi connectivity index (χ3n) is 4.19. The molecule has 0 N–H and O–H groups in total.